The fourth-order valence-electron chi connectivity index (χ4n) is 2.57. The fraction of sp³-hybridized carbons (Fsp3) is 0.344. The van der Waals surface area contributed by atoms with Gasteiger partial charge in [0.25, 0.3) is 0 Å². The average molecular weight is 504 g/mol. The maximum absolute atomic E-state index is 9.08. The third-order valence-corrected chi connectivity index (χ3v) is 4.78. The quantitative estimate of drug-likeness (QED) is 0.138. The van der Waals surface area contributed by atoms with Crippen LogP contribution in [-0.2, 0) is 6.42 Å². The fourth-order valence-corrected chi connectivity index (χ4v) is 2.57. The van der Waals surface area contributed by atoms with Gasteiger partial charge in [-0.05, 0) is 68.8 Å². The standard InChI is InChI=1S/C26H33N3.2C2H5N.C2H6/c1-9-18(3)15-24-11-13-25(14-12-24)22(7)29-23(8)26(28-21(6)10-2)16-19(4)20(5)17-27;1-3-2;1-2-3;1-2/h11-14,16,22,29H,3,5-6,8-10,15H2,1-2,4,7H3;1H2,2H3;2H,1,3H2;1-2H3/b19-16+,28-26?;;;/t22-;;;/m0.../s1. The summed E-state index contributed by atoms with van der Waals surface area (Å²) < 4.78 is 0. The Bertz CT molecular complexity index is 963. The van der Waals surface area contributed by atoms with E-state index in [1.54, 1.807) is 7.05 Å². The molecule has 5 nitrogen and oxygen atoms in total. The number of nitrogens with two attached hydrogens (primary N) is 1. The normalized spacial score (nSPS) is 10.8. The number of hydrogen-bond acceptors (Lipinski definition) is 5. The summed E-state index contributed by atoms with van der Waals surface area (Å²) in [6.07, 6.45) is 5.72. The van der Waals surface area contributed by atoms with Crippen molar-refractivity contribution in [3.05, 3.63) is 109 Å². The highest BCUT2D eigenvalue weighted by molar-refractivity contribution is 6.08. The summed E-state index contributed by atoms with van der Waals surface area (Å²) >= 11 is 0. The van der Waals surface area contributed by atoms with Crippen molar-refractivity contribution in [3.63, 3.8) is 0 Å². The van der Waals surface area contributed by atoms with Crippen LogP contribution in [0.15, 0.2) is 108 Å². The molecular formula is C32H49N5. The third kappa shape index (κ3) is 18.1. The predicted octanol–water partition coefficient (Wildman–Crippen LogP) is 8.18. The van der Waals surface area contributed by atoms with Crippen molar-refractivity contribution in [2.24, 2.45) is 15.7 Å². The van der Waals surface area contributed by atoms with E-state index in [0.717, 1.165) is 36.1 Å². The number of benzene rings is 1. The number of allylic oxidation sites excluding steroid dienone is 5. The van der Waals surface area contributed by atoms with Gasteiger partial charge in [-0.3, -0.25) is 4.99 Å². The SMILES string of the molecule is C=C(CC)Cc1ccc([C@H](C)NC(=C)C(/C=C(\C)C(=C)C#N)=NC(=C)CC)cc1.C=CN.C=NC.CC. The van der Waals surface area contributed by atoms with Crippen molar-refractivity contribution in [2.75, 3.05) is 7.05 Å². The number of nitrogens with one attached hydrogen (secondary N) is 1. The molecule has 0 spiro atoms. The van der Waals surface area contributed by atoms with Crippen molar-refractivity contribution >= 4 is 12.4 Å². The minimum atomic E-state index is 0.0545. The first-order valence-corrected chi connectivity index (χ1v) is 12.5. The number of nitriles is 1. The summed E-state index contributed by atoms with van der Waals surface area (Å²) in [6.45, 7) is 34.3. The second-order valence-electron chi connectivity index (χ2n) is 7.75. The van der Waals surface area contributed by atoms with Crippen LogP contribution in [0.5, 0.6) is 0 Å². The summed E-state index contributed by atoms with van der Waals surface area (Å²) in [5.74, 6) is 0. The van der Waals surface area contributed by atoms with E-state index >= 15 is 0 Å². The van der Waals surface area contributed by atoms with Crippen LogP contribution in [0.1, 0.15) is 71.6 Å². The first kappa shape index (κ1) is 37.6. The van der Waals surface area contributed by atoms with Gasteiger partial charge in [-0.2, -0.15) is 5.26 Å². The van der Waals surface area contributed by atoms with Gasteiger partial charge in [0.2, 0.25) is 0 Å². The molecule has 5 heteroatoms. The zero-order valence-electron chi connectivity index (χ0n) is 24.3. The summed E-state index contributed by atoms with van der Waals surface area (Å²) in [7, 11) is 1.64. The Morgan fingerprint density at radius 3 is 2.00 bits per heavy atom. The minimum absolute atomic E-state index is 0.0545. The van der Waals surface area contributed by atoms with E-state index in [2.05, 4.69) is 105 Å². The van der Waals surface area contributed by atoms with E-state index in [1.807, 2.05) is 33.8 Å². The number of nitrogens with zero attached hydrogens (tertiary/aromatic N) is 3. The summed E-state index contributed by atoms with van der Waals surface area (Å²) in [4.78, 5) is 7.83. The van der Waals surface area contributed by atoms with Gasteiger partial charge in [0.15, 0.2) is 0 Å². The van der Waals surface area contributed by atoms with Crippen molar-refractivity contribution in [1.29, 1.82) is 5.26 Å². The van der Waals surface area contributed by atoms with E-state index < -0.39 is 0 Å². The van der Waals surface area contributed by atoms with Crippen LogP contribution in [0.25, 0.3) is 0 Å². The highest BCUT2D eigenvalue weighted by Gasteiger charge is 2.11. The van der Waals surface area contributed by atoms with Gasteiger partial charge in [0, 0.05) is 24.4 Å². The summed E-state index contributed by atoms with van der Waals surface area (Å²) in [5.41, 5.74) is 11.5. The van der Waals surface area contributed by atoms with Crippen molar-refractivity contribution in [1.82, 2.24) is 5.32 Å². The predicted molar refractivity (Wildman–Crippen MR) is 167 cm³/mol. The first-order valence-electron chi connectivity index (χ1n) is 12.5. The van der Waals surface area contributed by atoms with Gasteiger partial charge in [-0.25, -0.2) is 0 Å². The van der Waals surface area contributed by atoms with E-state index in [-0.39, 0.29) is 6.04 Å². The molecule has 37 heavy (non-hydrogen) atoms. The molecule has 0 bridgehead atoms. The van der Waals surface area contributed by atoms with Gasteiger partial charge in [-0.15, -0.1) is 0 Å². The number of rotatable bonds is 11. The van der Waals surface area contributed by atoms with Crippen LogP contribution in [-0.4, -0.2) is 19.5 Å². The van der Waals surface area contributed by atoms with Crippen molar-refractivity contribution in [2.45, 2.75) is 66.8 Å². The summed E-state index contributed by atoms with van der Waals surface area (Å²) in [6, 6.07) is 10.7. The molecule has 1 aromatic rings. The minimum Gasteiger partial charge on any atom is -0.405 e. The Morgan fingerprint density at radius 2 is 1.59 bits per heavy atom. The molecule has 3 N–H and O–H groups in total. The molecule has 0 aromatic heterocycles. The van der Waals surface area contributed by atoms with Crippen LogP contribution in [0.2, 0.25) is 0 Å². The van der Waals surface area contributed by atoms with E-state index in [4.69, 9.17) is 5.26 Å². The van der Waals surface area contributed by atoms with Crippen molar-refractivity contribution < 1.29 is 0 Å². The molecule has 0 saturated heterocycles. The smallest absolute Gasteiger partial charge is 0.0988 e. The van der Waals surface area contributed by atoms with E-state index in [1.165, 1.54) is 17.3 Å². The molecular weight excluding hydrogens is 454 g/mol. The maximum Gasteiger partial charge on any atom is 0.0988 e. The van der Waals surface area contributed by atoms with Crippen LogP contribution < -0.4 is 11.1 Å². The molecule has 0 unspecified atom stereocenters. The number of hydrogen-bond donors (Lipinski definition) is 2. The lowest BCUT2D eigenvalue weighted by molar-refractivity contribution is 0.672. The molecule has 0 aliphatic rings. The Hall–Kier alpha value is -3.91. The van der Waals surface area contributed by atoms with Gasteiger partial charge in [0.1, 0.15) is 0 Å². The van der Waals surface area contributed by atoms with Crippen LogP contribution in [0.3, 0.4) is 0 Å². The molecule has 0 amide bonds. The lowest BCUT2D eigenvalue weighted by Crippen LogP contribution is -2.22. The second kappa shape index (κ2) is 23.8. The Balaban J connectivity index is -0.00000128. The molecule has 1 aromatic carbocycles. The van der Waals surface area contributed by atoms with Gasteiger partial charge >= 0.3 is 0 Å². The second-order valence-corrected chi connectivity index (χ2v) is 7.75. The monoisotopic (exact) mass is 503 g/mol. The molecule has 202 valence electrons. The zero-order valence-corrected chi connectivity index (χ0v) is 24.3. The Morgan fingerprint density at radius 1 is 1.11 bits per heavy atom. The van der Waals surface area contributed by atoms with Crippen molar-refractivity contribution in [3.8, 4) is 6.07 Å². The molecule has 0 heterocycles. The zero-order chi connectivity index (χ0) is 29.4. The lowest BCUT2D eigenvalue weighted by Gasteiger charge is -2.19. The van der Waals surface area contributed by atoms with E-state index in [0.29, 0.717) is 17.0 Å². The molecule has 0 radical (unpaired) electrons. The van der Waals surface area contributed by atoms with E-state index in [9.17, 15) is 0 Å². The van der Waals surface area contributed by atoms with Gasteiger partial charge < -0.3 is 16.0 Å². The van der Waals surface area contributed by atoms with Crippen LogP contribution in [0, 0.1) is 11.3 Å². The third-order valence-electron chi connectivity index (χ3n) is 4.78. The topological polar surface area (TPSA) is 86.6 Å². The molecule has 1 rings (SSSR count). The average Bonchev–Trinajstić information content (AvgIpc) is 2.89. The molecule has 0 aliphatic heterocycles. The highest BCUT2D eigenvalue weighted by atomic mass is 14.9. The van der Waals surface area contributed by atoms with Crippen LogP contribution in [0.4, 0.5) is 0 Å². The molecule has 0 fully saturated rings. The largest absolute Gasteiger partial charge is 0.405 e. The Labute approximate surface area is 227 Å². The molecule has 0 saturated carbocycles. The number of aliphatic imine (C=N–C) groups is 2. The molecule has 1 atom stereocenters. The molecule has 0 aliphatic carbocycles. The summed E-state index contributed by atoms with van der Waals surface area (Å²) in [5, 5.41) is 12.5. The van der Waals surface area contributed by atoms with Gasteiger partial charge in [-0.1, -0.05) is 90.4 Å². The highest BCUT2D eigenvalue weighted by Crippen LogP contribution is 2.18. The first-order chi connectivity index (χ1) is 17.5. The van der Waals surface area contributed by atoms with Gasteiger partial charge in [0.05, 0.1) is 17.5 Å². The Kier molecular flexibility index (Phi) is 24.2. The maximum atomic E-state index is 9.08. The van der Waals surface area contributed by atoms with Crippen LogP contribution >= 0.6 is 0 Å². The lowest BCUT2D eigenvalue weighted by atomic mass is 10.0.